The Labute approximate surface area is 159 Å². The summed E-state index contributed by atoms with van der Waals surface area (Å²) in [5.41, 5.74) is 1.21. The third-order valence-corrected chi connectivity index (χ3v) is 8.83. The van der Waals surface area contributed by atoms with Crippen LogP contribution >= 0.6 is 23.1 Å². The normalized spacial score (nSPS) is 12.8. The Morgan fingerprint density at radius 3 is 1.88 bits per heavy atom. The van der Waals surface area contributed by atoms with Crippen molar-refractivity contribution in [2.24, 2.45) is 0 Å². The van der Waals surface area contributed by atoms with Gasteiger partial charge in [-0.1, -0.05) is 64.5 Å². The van der Waals surface area contributed by atoms with Gasteiger partial charge < -0.3 is 5.11 Å². The van der Waals surface area contributed by atoms with E-state index in [0.29, 0.717) is 6.42 Å². The molecule has 0 aliphatic rings. The third kappa shape index (κ3) is 3.90. The van der Waals surface area contributed by atoms with E-state index in [1.54, 1.807) is 0 Å². The summed E-state index contributed by atoms with van der Waals surface area (Å²) in [7, 11) is 5.01. The highest BCUT2D eigenvalue weighted by Gasteiger charge is 2.35. The smallest absolute Gasteiger partial charge is 0.0582 e. The lowest BCUT2D eigenvalue weighted by atomic mass is 10.1. The molecule has 0 spiro atoms. The van der Waals surface area contributed by atoms with E-state index in [1.165, 1.54) is 0 Å². The van der Waals surface area contributed by atoms with Crippen LogP contribution in [0.2, 0.25) is 0 Å². The summed E-state index contributed by atoms with van der Waals surface area (Å²) in [5, 5.41) is 12.1. The van der Waals surface area contributed by atoms with Crippen molar-refractivity contribution in [1.82, 2.24) is 0 Å². The zero-order chi connectivity index (χ0) is 17.7. The Bertz CT molecular complexity index is 771. The fraction of sp³-hybridized carbons (Fsp3) is 0.143. The quantitative estimate of drug-likeness (QED) is 0.465. The number of benzene rings is 3. The van der Waals surface area contributed by atoms with Crippen molar-refractivity contribution in [1.29, 1.82) is 0 Å². The average Bonchev–Trinajstić information content (AvgIpc) is 2.67. The molecule has 3 aromatic carbocycles. The number of aliphatic hydroxyl groups excluding tert-OH is 1. The lowest BCUT2D eigenvalue weighted by Crippen LogP contribution is -2.28. The molecule has 0 heterocycles. The lowest BCUT2D eigenvalue weighted by molar-refractivity contribution is 0.287. The molecule has 1 nitrogen and oxygen atoms in total. The van der Waals surface area contributed by atoms with Crippen molar-refractivity contribution in [2.75, 3.05) is 6.61 Å². The topological polar surface area (TPSA) is 20.2 Å². The van der Waals surface area contributed by atoms with Gasteiger partial charge in [0.05, 0.1) is 5.66 Å². The van der Waals surface area contributed by atoms with Gasteiger partial charge in [-0.15, -0.1) is 0 Å². The highest BCUT2D eigenvalue weighted by atomic mass is 79.9. The molecule has 0 aliphatic heterocycles. The van der Waals surface area contributed by atoms with Crippen LogP contribution in [0.5, 0.6) is 0 Å². The third-order valence-electron chi connectivity index (χ3n) is 4.49. The van der Waals surface area contributed by atoms with Gasteiger partial charge in [0.2, 0.25) is 0 Å². The van der Waals surface area contributed by atoms with E-state index in [0.717, 1.165) is 20.6 Å². The molecule has 0 aromatic heterocycles. The summed E-state index contributed by atoms with van der Waals surface area (Å²) in [4.78, 5) is 0. The standard InChI is InChI=1S/C21H20BBrOP/c22-25(19-10-3-1-4-11-19,20-12-5-2-6-13-20)21(14-15-24)17-8-7-9-18(23)16-17/h1-13,16,21,24H,14-15H2/t21-/m0/s1. The summed E-state index contributed by atoms with van der Waals surface area (Å²) >= 11 is 3.57. The number of halogens is 1. The Morgan fingerprint density at radius 2 is 1.40 bits per heavy atom. The van der Waals surface area contributed by atoms with Crippen molar-refractivity contribution < 1.29 is 5.11 Å². The molecule has 4 heteroatoms. The fourth-order valence-electron chi connectivity index (χ4n) is 3.30. The van der Waals surface area contributed by atoms with E-state index >= 15 is 0 Å². The van der Waals surface area contributed by atoms with Crippen LogP contribution in [-0.2, 0) is 0 Å². The summed E-state index contributed by atoms with van der Waals surface area (Å²) in [6, 6.07) is 28.9. The Hall–Kier alpha value is -1.41. The van der Waals surface area contributed by atoms with E-state index in [1.807, 2.05) is 48.5 Å². The van der Waals surface area contributed by atoms with Gasteiger partial charge in [0.15, 0.2) is 0 Å². The van der Waals surface area contributed by atoms with Crippen molar-refractivity contribution in [3.8, 4) is 0 Å². The Balaban J connectivity index is 2.21. The number of hydrogen-bond acceptors (Lipinski definition) is 1. The molecule has 0 saturated heterocycles. The van der Waals surface area contributed by atoms with Crippen LogP contribution < -0.4 is 10.6 Å². The van der Waals surface area contributed by atoms with E-state index in [2.05, 4.69) is 52.3 Å². The summed E-state index contributed by atoms with van der Waals surface area (Å²) < 4.78 is 1.03. The van der Waals surface area contributed by atoms with Gasteiger partial charge in [-0.05, 0) is 42.0 Å². The van der Waals surface area contributed by atoms with E-state index < -0.39 is 7.14 Å². The Kier molecular flexibility index (Phi) is 6.12. The molecule has 0 unspecified atom stereocenters. The molecule has 0 bridgehead atoms. The van der Waals surface area contributed by atoms with Crippen LogP contribution in [0.25, 0.3) is 0 Å². The van der Waals surface area contributed by atoms with Crippen molar-refractivity contribution in [3.63, 3.8) is 0 Å². The first-order valence-corrected chi connectivity index (χ1v) is 11.0. The van der Waals surface area contributed by atoms with Gasteiger partial charge in [-0.3, -0.25) is 7.57 Å². The number of hydrogen-bond donors (Lipinski definition) is 1. The molecule has 125 valence electrons. The molecule has 0 amide bonds. The van der Waals surface area contributed by atoms with Gasteiger partial charge >= 0.3 is 0 Å². The minimum absolute atomic E-state index is 0.0554. The van der Waals surface area contributed by atoms with Crippen LogP contribution in [0.15, 0.2) is 89.4 Å². The molecule has 3 rings (SSSR count). The first kappa shape index (κ1) is 18.4. The van der Waals surface area contributed by atoms with Crippen molar-refractivity contribution in [2.45, 2.75) is 12.1 Å². The Morgan fingerprint density at radius 1 is 0.840 bits per heavy atom. The SMILES string of the molecule is [B-][P+](c1ccccc1)(c1ccccc1)[C@@H](CCO)c1cccc(Br)c1. The molecule has 25 heavy (non-hydrogen) atoms. The molecule has 0 aliphatic carbocycles. The van der Waals surface area contributed by atoms with Crippen LogP contribution in [0.1, 0.15) is 17.6 Å². The second kappa shape index (κ2) is 8.32. The fourth-order valence-corrected chi connectivity index (χ4v) is 7.22. The molecular weight excluding hydrogens is 390 g/mol. The first-order valence-electron chi connectivity index (χ1n) is 8.31. The average molecular weight is 410 g/mol. The maximum absolute atomic E-state index is 9.77. The lowest BCUT2D eigenvalue weighted by Gasteiger charge is -2.44. The predicted octanol–water partition coefficient (Wildman–Crippen LogP) is 4.62. The summed E-state index contributed by atoms with van der Waals surface area (Å²) in [6.45, 7) is 0.107. The summed E-state index contributed by atoms with van der Waals surface area (Å²) in [5.74, 6) is 0. The zero-order valence-corrected chi connectivity index (χ0v) is 16.4. The molecular formula is C21H20BBrOP. The zero-order valence-electron chi connectivity index (χ0n) is 13.9. The van der Waals surface area contributed by atoms with Crippen molar-refractivity contribution in [3.05, 3.63) is 95.0 Å². The maximum Gasteiger partial charge on any atom is 0.0582 e. The monoisotopic (exact) mass is 409 g/mol. The van der Waals surface area contributed by atoms with E-state index in [4.69, 9.17) is 7.57 Å². The van der Waals surface area contributed by atoms with Gasteiger partial charge in [0.1, 0.15) is 0 Å². The van der Waals surface area contributed by atoms with Gasteiger partial charge in [-0.2, -0.15) is 7.14 Å². The summed E-state index contributed by atoms with van der Waals surface area (Å²) in [6.07, 6.45) is 0.629. The number of aliphatic hydroxyl groups is 1. The molecule has 0 saturated carbocycles. The predicted molar refractivity (Wildman–Crippen MR) is 113 cm³/mol. The van der Waals surface area contributed by atoms with E-state index in [9.17, 15) is 5.11 Å². The molecule has 1 N–H and O–H groups in total. The van der Waals surface area contributed by atoms with Gasteiger partial charge in [0, 0.05) is 28.1 Å². The second-order valence-corrected chi connectivity index (χ2v) is 10.2. The highest BCUT2D eigenvalue weighted by Crippen LogP contribution is 2.65. The van der Waals surface area contributed by atoms with Crippen molar-refractivity contribution >= 4 is 41.2 Å². The first-order chi connectivity index (χ1) is 12.2. The second-order valence-electron chi connectivity index (χ2n) is 6.03. The minimum atomic E-state index is -2.22. The van der Waals surface area contributed by atoms with Gasteiger partial charge in [-0.25, -0.2) is 0 Å². The molecule has 3 aromatic rings. The molecule has 1 atom stereocenters. The largest absolute Gasteiger partial charge is 0.396 e. The van der Waals surface area contributed by atoms with E-state index in [-0.39, 0.29) is 12.3 Å². The minimum Gasteiger partial charge on any atom is -0.396 e. The highest BCUT2D eigenvalue weighted by molar-refractivity contribution is 9.10. The molecule has 0 fully saturated rings. The number of rotatable bonds is 6. The van der Waals surface area contributed by atoms with Crippen LogP contribution in [0, 0.1) is 0 Å². The van der Waals surface area contributed by atoms with Crippen LogP contribution in [-0.4, -0.2) is 19.3 Å². The van der Waals surface area contributed by atoms with Gasteiger partial charge in [0.25, 0.3) is 0 Å². The molecule has 3 radical (unpaired) electrons. The van der Waals surface area contributed by atoms with Crippen LogP contribution in [0.4, 0.5) is 0 Å². The maximum atomic E-state index is 9.77. The van der Waals surface area contributed by atoms with Crippen LogP contribution in [0.3, 0.4) is 0 Å².